The Morgan fingerprint density at radius 1 is 1.42 bits per heavy atom. The highest BCUT2D eigenvalue weighted by Crippen LogP contribution is 2.19. The summed E-state index contributed by atoms with van der Waals surface area (Å²) >= 11 is 0. The van der Waals surface area contributed by atoms with Crippen LogP contribution in [0.1, 0.15) is 27.8 Å². The molecule has 1 aromatic rings. The second kappa shape index (κ2) is 5.47. The van der Waals surface area contributed by atoms with E-state index in [9.17, 15) is 14.4 Å². The highest BCUT2D eigenvalue weighted by molar-refractivity contribution is 6.20. The molecule has 0 aliphatic carbocycles. The van der Waals surface area contributed by atoms with Crippen LogP contribution in [0.2, 0.25) is 0 Å². The number of hydrogen-bond acceptors (Lipinski definition) is 5. The van der Waals surface area contributed by atoms with Gasteiger partial charge in [-0.1, -0.05) is 0 Å². The van der Waals surface area contributed by atoms with Crippen molar-refractivity contribution in [2.24, 2.45) is 0 Å². The summed E-state index contributed by atoms with van der Waals surface area (Å²) in [6.45, 7) is 2.19. The van der Waals surface area contributed by atoms with E-state index in [4.69, 9.17) is 0 Å². The van der Waals surface area contributed by atoms with Gasteiger partial charge in [0, 0.05) is 19.3 Å². The summed E-state index contributed by atoms with van der Waals surface area (Å²) in [5, 5.41) is 2.45. The molecule has 7 heteroatoms. The summed E-state index contributed by atoms with van der Waals surface area (Å²) in [6.07, 6.45) is 0.891. The van der Waals surface area contributed by atoms with Crippen LogP contribution in [0.15, 0.2) is 18.3 Å². The van der Waals surface area contributed by atoms with Gasteiger partial charge in [-0.15, -0.1) is 0 Å². The lowest BCUT2D eigenvalue weighted by Gasteiger charge is -2.13. The zero-order valence-electron chi connectivity index (χ0n) is 10.4. The normalized spacial score (nSPS) is 13.4. The summed E-state index contributed by atoms with van der Waals surface area (Å²) < 4.78 is 4.67. The molecule has 0 radical (unpaired) electrons. The molecule has 0 unspecified atom stereocenters. The predicted octanol–water partition coefficient (Wildman–Crippen LogP) is 0.424. The highest BCUT2D eigenvalue weighted by Gasteiger charge is 2.36. The number of carbonyl (C=O) groups excluding carboxylic acids is 3. The van der Waals surface area contributed by atoms with E-state index in [2.05, 4.69) is 15.0 Å². The van der Waals surface area contributed by atoms with E-state index < -0.39 is 17.9 Å². The van der Waals surface area contributed by atoms with Crippen LogP contribution >= 0.6 is 0 Å². The molecule has 0 aromatic carbocycles. The molecule has 0 saturated heterocycles. The third-order valence-corrected chi connectivity index (χ3v) is 2.61. The molecule has 2 heterocycles. The Balaban J connectivity index is 1.95. The molecule has 0 spiro atoms. The number of fused-ring (bicyclic) bond motifs is 1. The molecule has 1 N–H and O–H groups in total. The minimum atomic E-state index is -0.572. The Morgan fingerprint density at radius 2 is 2.21 bits per heavy atom. The lowest BCUT2D eigenvalue weighted by molar-refractivity contribution is 0.0651. The Hall–Kier alpha value is -2.44. The van der Waals surface area contributed by atoms with Crippen molar-refractivity contribution in [3.63, 3.8) is 0 Å². The fourth-order valence-corrected chi connectivity index (χ4v) is 1.77. The van der Waals surface area contributed by atoms with Gasteiger partial charge >= 0.3 is 6.09 Å². The molecule has 7 nitrogen and oxygen atoms in total. The maximum atomic E-state index is 11.9. The minimum Gasteiger partial charge on any atom is -0.450 e. The van der Waals surface area contributed by atoms with E-state index in [-0.39, 0.29) is 25.4 Å². The van der Waals surface area contributed by atoms with E-state index in [0.29, 0.717) is 5.56 Å². The molecule has 0 atom stereocenters. The van der Waals surface area contributed by atoms with Crippen LogP contribution in [0.4, 0.5) is 4.79 Å². The van der Waals surface area contributed by atoms with E-state index in [1.807, 2.05) is 0 Å². The smallest absolute Gasteiger partial charge is 0.407 e. The predicted molar refractivity (Wildman–Crippen MR) is 64.6 cm³/mol. The average molecular weight is 263 g/mol. The lowest BCUT2D eigenvalue weighted by atomic mass is 10.2. The first-order valence-corrected chi connectivity index (χ1v) is 5.87. The van der Waals surface area contributed by atoms with Gasteiger partial charge in [-0.25, -0.2) is 4.79 Å². The van der Waals surface area contributed by atoms with Gasteiger partial charge in [0.2, 0.25) is 0 Å². The van der Waals surface area contributed by atoms with Crippen molar-refractivity contribution in [2.75, 3.05) is 19.7 Å². The Bertz CT molecular complexity index is 494. The average Bonchev–Trinajstić information content (AvgIpc) is 2.65. The molecule has 1 aromatic heterocycles. The molecular formula is C12H13N3O4. The molecular weight excluding hydrogens is 250 g/mol. The fraction of sp³-hybridized carbons (Fsp3) is 0.333. The summed E-state index contributed by atoms with van der Waals surface area (Å²) in [5.41, 5.74) is 0.451. The van der Waals surface area contributed by atoms with Crippen LogP contribution in [-0.2, 0) is 4.74 Å². The van der Waals surface area contributed by atoms with Gasteiger partial charge in [-0.2, -0.15) is 0 Å². The number of alkyl carbamates (subject to hydrolysis) is 1. The zero-order valence-corrected chi connectivity index (χ0v) is 10.4. The number of carbonyl (C=O) groups is 3. The van der Waals surface area contributed by atoms with Gasteiger partial charge in [0.05, 0.1) is 12.2 Å². The van der Waals surface area contributed by atoms with E-state index >= 15 is 0 Å². The SMILES string of the molecule is CCOC(=O)NCCN1C(=O)c2cccnc2C1=O. The van der Waals surface area contributed by atoms with E-state index in [0.717, 1.165) is 4.90 Å². The van der Waals surface area contributed by atoms with Gasteiger partial charge < -0.3 is 10.1 Å². The number of nitrogens with one attached hydrogen (secondary N) is 1. The standard InChI is InChI=1S/C12H13N3O4/c1-2-19-12(18)14-6-7-15-10(16)8-4-3-5-13-9(8)11(15)17/h3-5H,2,6-7H2,1H3,(H,14,18). The van der Waals surface area contributed by atoms with E-state index in [1.54, 1.807) is 19.1 Å². The summed E-state index contributed by atoms with van der Waals surface area (Å²) in [5.74, 6) is -0.829. The molecule has 19 heavy (non-hydrogen) atoms. The first-order valence-electron chi connectivity index (χ1n) is 5.87. The largest absolute Gasteiger partial charge is 0.450 e. The maximum absolute atomic E-state index is 11.9. The Morgan fingerprint density at radius 3 is 2.89 bits per heavy atom. The zero-order chi connectivity index (χ0) is 13.8. The van der Waals surface area contributed by atoms with Crippen LogP contribution in [0.25, 0.3) is 0 Å². The third-order valence-electron chi connectivity index (χ3n) is 2.61. The van der Waals surface area contributed by atoms with Gasteiger partial charge in [0.1, 0.15) is 5.69 Å². The second-order valence-corrected chi connectivity index (χ2v) is 3.81. The summed E-state index contributed by atoms with van der Waals surface area (Å²) in [6, 6.07) is 3.16. The van der Waals surface area contributed by atoms with Gasteiger partial charge in [-0.3, -0.25) is 19.5 Å². The monoisotopic (exact) mass is 263 g/mol. The number of imide groups is 1. The molecule has 0 fully saturated rings. The molecule has 0 bridgehead atoms. The minimum absolute atomic E-state index is 0.0901. The Kier molecular flexibility index (Phi) is 3.74. The second-order valence-electron chi connectivity index (χ2n) is 3.81. The van der Waals surface area contributed by atoms with Gasteiger partial charge in [0.25, 0.3) is 11.8 Å². The van der Waals surface area contributed by atoms with Crippen LogP contribution in [0.3, 0.4) is 0 Å². The van der Waals surface area contributed by atoms with Crippen LogP contribution in [0, 0.1) is 0 Å². The fourth-order valence-electron chi connectivity index (χ4n) is 1.77. The van der Waals surface area contributed by atoms with Crippen molar-refractivity contribution in [1.29, 1.82) is 0 Å². The molecule has 1 aliphatic heterocycles. The van der Waals surface area contributed by atoms with Crippen molar-refractivity contribution < 1.29 is 19.1 Å². The molecule has 3 amide bonds. The summed E-state index contributed by atoms with van der Waals surface area (Å²) in [4.78, 5) is 39.8. The van der Waals surface area contributed by atoms with Gasteiger partial charge in [-0.05, 0) is 19.1 Å². The number of ether oxygens (including phenoxy) is 1. The number of hydrogen-bond donors (Lipinski definition) is 1. The number of aromatic nitrogens is 1. The summed E-state index contributed by atoms with van der Waals surface area (Å²) in [7, 11) is 0. The molecule has 0 saturated carbocycles. The van der Waals surface area contributed by atoms with Crippen molar-refractivity contribution in [1.82, 2.24) is 15.2 Å². The number of rotatable bonds is 4. The number of amides is 3. The van der Waals surface area contributed by atoms with Crippen LogP contribution in [0.5, 0.6) is 0 Å². The topological polar surface area (TPSA) is 88.6 Å². The van der Waals surface area contributed by atoms with Crippen molar-refractivity contribution in [3.8, 4) is 0 Å². The number of pyridine rings is 1. The lowest BCUT2D eigenvalue weighted by Crippen LogP contribution is -2.38. The highest BCUT2D eigenvalue weighted by atomic mass is 16.5. The third kappa shape index (κ3) is 2.54. The van der Waals surface area contributed by atoms with Crippen molar-refractivity contribution in [3.05, 3.63) is 29.6 Å². The van der Waals surface area contributed by atoms with Crippen LogP contribution in [-0.4, -0.2) is 47.5 Å². The van der Waals surface area contributed by atoms with Crippen molar-refractivity contribution in [2.45, 2.75) is 6.92 Å². The number of nitrogens with zero attached hydrogens (tertiary/aromatic N) is 2. The first-order chi connectivity index (χ1) is 9.15. The molecule has 1 aliphatic rings. The molecule has 2 rings (SSSR count). The Labute approximate surface area is 109 Å². The molecule has 100 valence electrons. The van der Waals surface area contributed by atoms with Crippen molar-refractivity contribution >= 4 is 17.9 Å². The van der Waals surface area contributed by atoms with Gasteiger partial charge in [0.15, 0.2) is 0 Å². The quantitative estimate of drug-likeness (QED) is 0.795. The van der Waals surface area contributed by atoms with E-state index in [1.165, 1.54) is 6.20 Å². The van der Waals surface area contributed by atoms with Crippen LogP contribution < -0.4 is 5.32 Å². The maximum Gasteiger partial charge on any atom is 0.407 e. The first kappa shape index (κ1) is 13.0.